The lowest BCUT2D eigenvalue weighted by Gasteiger charge is -2.08. The molecule has 3 aromatic heterocycles. The van der Waals surface area contributed by atoms with Crippen molar-refractivity contribution in [3.63, 3.8) is 0 Å². The molecule has 0 aliphatic carbocycles. The fourth-order valence-corrected chi connectivity index (χ4v) is 3.62. The quantitative estimate of drug-likeness (QED) is 0.453. The minimum Gasteiger partial charge on any atom is -0.494 e. The first-order valence-electron chi connectivity index (χ1n) is 10.5. The Balaban J connectivity index is 1.58. The molecule has 0 fully saturated rings. The van der Waals surface area contributed by atoms with Crippen molar-refractivity contribution in [1.82, 2.24) is 28.2 Å². The molecule has 33 heavy (non-hydrogen) atoms. The van der Waals surface area contributed by atoms with Gasteiger partial charge in [-0.1, -0.05) is 0 Å². The summed E-state index contributed by atoms with van der Waals surface area (Å²) in [4.78, 5) is 46.2. The smallest absolute Gasteiger partial charge is 0.332 e. The zero-order valence-corrected chi connectivity index (χ0v) is 18.9. The Labute approximate surface area is 188 Å². The summed E-state index contributed by atoms with van der Waals surface area (Å²) >= 11 is 0. The van der Waals surface area contributed by atoms with Crippen LogP contribution in [0.5, 0.6) is 5.75 Å². The number of imidazole rings is 2. The Morgan fingerprint density at radius 3 is 2.45 bits per heavy atom. The van der Waals surface area contributed by atoms with Gasteiger partial charge in [-0.3, -0.25) is 24.0 Å². The van der Waals surface area contributed by atoms with Gasteiger partial charge in [0.2, 0.25) is 11.9 Å². The second-order valence-electron chi connectivity index (χ2n) is 7.49. The number of nitrogens with one attached hydrogen (secondary N) is 1. The molecular formula is C22H25N7O4. The van der Waals surface area contributed by atoms with Gasteiger partial charge in [-0.2, -0.15) is 0 Å². The van der Waals surface area contributed by atoms with Crippen molar-refractivity contribution in [2.75, 3.05) is 11.9 Å². The maximum absolute atomic E-state index is 12.8. The minimum atomic E-state index is -0.508. The molecule has 0 atom stereocenters. The van der Waals surface area contributed by atoms with Gasteiger partial charge >= 0.3 is 5.69 Å². The Morgan fingerprint density at radius 1 is 1.06 bits per heavy atom. The molecule has 0 saturated carbocycles. The highest BCUT2D eigenvalue weighted by Gasteiger charge is 2.17. The van der Waals surface area contributed by atoms with E-state index in [-0.39, 0.29) is 23.6 Å². The predicted molar refractivity (Wildman–Crippen MR) is 123 cm³/mol. The highest BCUT2D eigenvalue weighted by atomic mass is 16.5. The molecule has 4 aromatic rings. The van der Waals surface area contributed by atoms with Crippen LogP contribution in [0.3, 0.4) is 0 Å². The number of ether oxygens (including phenoxy) is 1. The van der Waals surface area contributed by atoms with E-state index in [2.05, 4.69) is 15.3 Å². The summed E-state index contributed by atoms with van der Waals surface area (Å²) in [5.41, 5.74) is 1.03. The molecule has 3 heterocycles. The monoisotopic (exact) mass is 451 g/mol. The first kappa shape index (κ1) is 22.1. The Hall–Kier alpha value is -4.15. The number of anilines is 1. The molecule has 11 nitrogen and oxygen atoms in total. The third-order valence-corrected chi connectivity index (χ3v) is 5.36. The molecule has 0 unspecified atom stereocenters. The van der Waals surface area contributed by atoms with E-state index in [0.29, 0.717) is 24.8 Å². The van der Waals surface area contributed by atoms with E-state index in [4.69, 9.17) is 4.74 Å². The lowest BCUT2D eigenvalue weighted by molar-refractivity contribution is -0.116. The predicted octanol–water partition coefficient (Wildman–Crippen LogP) is 1.35. The van der Waals surface area contributed by atoms with Gasteiger partial charge in [0.1, 0.15) is 12.3 Å². The number of aryl methyl sites for hydroxylation is 2. The average molecular weight is 451 g/mol. The lowest BCUT2D eigenvalue weighted by Crippen LogP contribution is -2.37. The number of carbonyl (C=O) groups is 1. The number of rotatable bonds is 7. The SMILES string of the molecule is CCOc1ccc(-c2cn(CC)c(NC(=O)Cn3cnc4c3c(=O)n(C)c(=O)n4C)n2)cc1. The number of aromatic nitrogens is 6. The molecule has 0 radical (unpaired) electrons. The first-order valence-corrected chi connectivity index (χ1v) is 10.5. The van der Waals surface area contributed by atoms with E-state index in [9.17, 15) is 14.4 Å². The van der Waals surface area contributed by atoms with Crippen molar-refractivity contribution in [1.29, 1.82) is 0 Å². The minimum absolute atomic E-state index is 0.154. The molecule has 0 saturated heterocycles. The summed E-state index contributed by atoms with van der Waals surface area (Å²) in [6.07, 6.45) is 3.24. The number of nitrogens with zero attached hydrogens (tertiary/aromatic N) is 6. The molecule has 1 amide bonds. The Bertz CT molecular complexity index is 1440. The van der Waals surface area contributed by atoms with E-state index in [1.165, 1.54) is 29.6 Å². The van der Waals surface area contributed by atoms with Crippen LogP contribution >= 0.6 is 0 Å². The molecule has 1 N–H and O–H groups in total. The first-order chi connectivity index (χ1) is 15.8. The van der Waals surface area contributed by atoms with Crippen LogP contribution in [-0.4, -0.2) is 40.8 Å². The van der Waals surface area contributed by atoms with E-state index in [1.807, 2.05) is 48.9 Å². The highest BCUT2D eigenvalue weighted by molar-refractivity contribution is 5.90. The van der Waals surface area contributed by atoms with Gasteiger partial charge in [0.25, 0.3) is 5.56 Å². The van der Waals surface area contributed by atoms with Gasteiger partial charge in [0.15, 0.2) is 11.2 Å². The summed E-state index contributed by atoms with van der Waals surface area (Å²) in [7, 11) is 2.92. The second-order valence-corrected chi connectivity index (χ2v) is 7.49. The van der Waals surface area contributed by atoms with Crippen LogP contribution < -0.4 is 21.3 Å². The maximum atomic E-state index is 12.8. The largest absolute Gasteiger partial charge is 0.494 e. The van der Waals surface area contributed by atoms with Crippen molar-refractivity contribution in [3.05, 3.63) is 57.6 Å². The standard InChI is InChI=1S/C22H25N7O4/c1-5-28-11-16(14-7-9-15(10-8-14)33-6-2)24-21(28)25-17(30)12-29-13-23-19-18(29)20(31)27(4)22(32)26(19)3/h7-11,13H,5-6,12H2,1-4H3,(H,24,25,30). The van der Waals surface area contributed by atoms with Gasteiger partial charge in [0, 0.05) is 32.4 Å². The van der Waals surface area contributed by atoms with E-state index >= 15 is 0 Å². The van der Waals surface area contributed by atoms with E-state index in [0.717, 1.165) is 15.9 Å². The van der Waals surface area contributed by atoms with Crippen molar-refractivity contribution in [2.24, 2.45) is 14.1 Å². The molecule has 0 aliphatic rings. The van der Waals surface area contributed by atoms with Crippen LogP contribution in [0.2, 0.25) is 0 Å². The second kappa shape index (κ2) is 8.77. The Kier molecular flexibility index (Phi) is 5.86. The molecule has 11 heteroatoms. The molecule has 172 valence electrons. The molecular weight excluding hydrogens is 426 g/mol. The summed E-state index contributed by atoms with van der Waals surface area (Å²) in [6, 6.07) is 7.58. The third-order valence-electron chi connectivity index (χ3n) is 5.36. The van der Waals surface area contributed by atoms with Gasteiger partial charge in [-0.05, 0) is 38.1 Å². The Morgan fingerprint density at radius 2 is 1.79 bits per heavy atom. The summed E-state index contributed by atoms with van der Waals surface area (Å²) in [5.74, 6) is 0.806. The number of carbonyl (C=O) groups excluding carboxylic acids is 1. The molecule has 0 spiro atoms. The number of hydrogen-bond donors (Lipinski definition) is 1. The molecule has 4 rings (SSSR count). The van der Waals surface area contributed by atoms with Crippen LogP contribution in [-0.2, 0) is 32.0 Å². The number of fused-ring (bicyclic) bond motifs is 1. The maximum Gasteiger partial charge on any atom is 0.332 e. The zero-order chi connectivity index (χ0) is 23.7. The van der Waals surface area contributed by atoms with Gasteiger partial charge in [-0.25, -0.2) is 14.8 Å². The van der Waals surface area contributed by atoms with Crippen molar-refractivity contribution >= 4 is 23.0 Å². The topological polar surface area (TPSA) is 118 Å². The molecule has 0 bridgehead atoms. The van der Waals surface area contributed by atoms with Crippen LogP contribution in [0.25, 0.3) is 22.4 Å². The lowest BCUT2D eigenvalue weighted by atomic mass is 10.2. The number of amides is 1. The highest BCUT2D eigenvalue weighted by Crippen LogP contribution is 2.24. The van der Waals surface area contributed by atoms with Crippen LogP contribution in [0.15, 0.2) is 46.4 Å². The van der Waals surface area contributed by atoms with E-state index in [1.54, 1.807) is 0 Å². The third kappa shape index (κ3) is 4.04. The van der Waals surface area contributed by atoms with Crippen LogP contribution in [0.1, 0.15) is 13.8 Å². The van der Waals surface area contributed by atoms with Crippen LogP contribution in [0.4, 0.5) is 5.95 Å². The number of hydrogen-bond acceptors (Lipinski definition) is 6. The fraction of sp³-hybridized carbons (Fsp3) is 0.318. The molecule has 0 aliphatic heterocycles. The summed E-state index contributed by atoms with van der Waals surface area (Å²) < 4.78 is 11.0. The van der Waals surface area contributed by atoms with Crippen molar-refractivity contribution in [2.45, 2.75) is 26.9 Å². The summed E-state index contributed by atoms with van der Waals surface area (Å²) in [5, 5.41) is 2.81. The van der Waals surface area contributed by atoms with Gasteiger partial charge in [-0.15, -0.1) is 0 Å². The molecule has 1 aromatic carbocycles. The van der Waals surface area contributed by atoms with Gasteiger partial charge in [0.05, 0.1) is 18.6 Å². The number of benzene rings is 1. The average Bonchev–Trinajstić information content (AvgIpc) is 3.41. The van der Waals surface area contributed by atoms with E-state index < -0.39 is 11.2 Å². The van der Waals surface area contributed by atoms with Gasteiger partial charge < -0.3 is 13.9 Å². The van der Waals surface area contributed by atoms with Crippen molar-refractivity contribution < 1.29 is 9.53 Å². The normalized spacial score (nSPS) is 11.2. The summed E-state index contributed by atoms with van der Waals surface area (Å²) in [6.45, 7) is 4.92. The van der Waals surface area contributed by atoms with Crippen LogP contribution in [0, 0.1) is 0 Å². The fourth-order valence-electron chi connectivity index (χ4n) is 3.62. The zero-order valence-electron chi connectivity index (χ0n) is 18.9. The van der Waals surface area contributed by atoms with Crippen molar-refractivity contribution in [3.8, 4) is 17.0 Å².